The number of hydrogen-bond acceptors (Lipinski definition) is 4. The van der Waals surface area contributed by atoms with E-state index in [9.17, 15) is 8.42 Å². The van der Waals surface area contributed by atoms with Gasteiger partial charge in [-0.05, 0) is 43.0 Å². The Hall–Kier alpha value is -2.08. The van der Waals surface area contributed by atoms with E-state index in [-0.39, 0.29) is 4.90 Å². The predicted octanol–water partition coefficient (Wildman–Crippen LogP) is 3.12. The van der Waals surface area contributed by atoms with Gasteiger partial charge in [-0.15, -0.1) is 0 Å². The van der Waals surface area contributed by atoms with Crippen LogP contribution in [0.5, 0.6) is 0 Å². The lowest BCUT2D eigenvalue weighted by Gasteiger charge is -2.32. The predicted molar refractivity (Wildman–Crippen MR) is 92.1 cm³/mol. The molecule has 0 bridgehead atoms. The molecule has 122 valence electrons. The third kappa shape index (κ3) is 3.82. The van der Waals surface area contributed by atoms with Crippen molar-refractivity contribution in [3.8, 4) is 0 Å². The van der Waals surface area contributed by atoms with E-state index in [0.29, 0.717) is 11.7 Å². The summed E-state index contributed by atoms with van der Waals surface area (Å²) in [7, 11) is -3.59. The van der Waals surface area contributed by atoms with Crippen LogP contribution in [0.1, 0.15) is 19.8 Å². The molecule has 1 aliphatic rings. The molecule has 1 saturated heterocycles. The normalized spacial score (nSPS) is 18.7. The lowest BCUT2D eigenvalue weighted by molar-refractivity contribution is 0.446. The monoisotopic (exact) mass is 331 g/mol. The average Bonchev–Trinajstić information content (AvgIpc) is 2.56. The van der Waals surface area contributed by atoms with Crippen LogP contribution in [0.15, 0.2) is 53.6 Å². The topological polar surface area (TPSA) is 62.3 Å². The molecular formula is C17H21N3O2S. The third-order valence-electron chi connectivity index (χ3n) is 4.06. The van der Waals surface area contributed by atoms with Crippen LogP contribution in [-0.2, 0) is 10.0 Å². The summed E-state index contributed by atoms with van der Waals surface area (Å²) < 4.78 is 27.1. The van der Waals surface area contributed by atoms with Crippen molar-refractivity contribution in [1.82, 2.24) is 4.98 Å². The molecule has 1 aliphatic heterocycles. The number of pyridine rings is 1. The first kappa shape index (κ1) is 15.8. The van der Waals surface area contributed by atoms with Crippen LogP contribution < -0.4 is 9.62 Å². The number of piperidine rings is 1. The molecule has 5 nitrogen and oxygen atoms in total. The van der Waals surface area contributed by atoms with Gasteiger partial charge in [0.25, 0.3) is 10.0 Å². The van der Waals surface area contributed by atoms with Gasteiger partial charge in [0.1, 0.15) is 5.82 Å². The van der Waals surface area contributed by atoms with Crippen molar-refractivity contribution < 1.29 is 8.42 Å². The molecule has 6 heteroatoms. The fourth-order valence-corrected chi connectivity index (χ4v) is 3.88. The molecule has 23 heavy (non-hydrogen) atoms. The number of sulfonamides is 1. The first-order valence-electron chi connectivity index (χ1n) is 7.83. The van der Waals surface area contributed by atoms with E-state index in [2.05, 4.69) is 21.5 Å². The SMILES string of the molecule is CC1CCCN(c2ccc(NS(=O)(=O)c3ccccc3)nc2)C1. The Morgan fingerprint density at radius 3 is 2.61 bits per heavy atom. The zero-order chi connectivity index (χ0) is 16.3. The van der Waals surface area contributed by atoms with Gasteiger partial charge in [0.15, 0.2) is 0 Å². The average molecular weight is 331 g/mol. The van der Waals surface area contributed by atoms with Crippen LogP contribution in [0.25, 0.3) is 0 Å². The summed E-state index contributed by atoms with van der Waals surface area (Å²) >= 11 is 0. The molecule has 1 aromatic carbocycles. The molecule has 3 rings (SSSR count). The second-order valence-electron chi connectivity index (χ2n) is 6.01. The van der Waals surface area contributed by atoms with Crippen molar-refractivity contribution in [2.24, 2.45) is 5.92 Å². The van der Waals surface area contributed by atoms with Crippen molar-refractivity contribution in [1.29, 1.82) is 0 Å². The number of rotatable bonds is 4. The Morgan fingerprint density at radius 2 is 1.96 bits per heavy atom. The largest absolute Gasteiger partial charge is 0.370 e. The first-order valence-corrected chi connectivity index (χ1v) is 9.32. The van der Waals surface area contributed by atoms with E-state index in [0.717, 1.165) is 18.8 Å². The zero-order valence-corrected chi connectivity index (χ0v) is 14.0. The van der Waals surface area contributed by atoms with Crippen molar-refractivity contribution in [2.45, 2.75) is 24.7 Å². The van der Waals surface area contributed by atoms with E-state index in [1.54, 1.807) is 42.6 Å². The second kappa shape index (κ2) is 6.58. The highest BCUT2D eigenvalue weighted by Crippen LogP contribution is 2.23. The molecule has 0 amide bonds. The minimum atomic E-state index is -3.59. The summed E-state index contributed by atoms with van der Waals surface area (Å²) in [6.07, 6.45) is 4.18. The molecule has 0 spiro atoms. The van der Waals surface area contributed by atoms with E-state index in [1.807, 2.05) is 6.07 Å². The van der Waals surface area contributed by atoms with Crippen molar-refractivity contribution in [2.75, 3.05) is 22.7 Å². The highest BCUT2D eigenvalue weighted by Gasteiger charge is 2.18. The number of aromatic nitrogens is 1. The summed E-state index contributed by atoms with van der Waals surface area (Å²) in [5, 5.41) is 0. The fourth-order valence-electron chi connectivity index (χ4n) is 2.85. The van der Waals surface area contributed by atoms with Gasteiger partial charge in [0.05, 0.1) is 16.8 Å². The summed E-state index contributed by atoms with van der Waals surface area (Å²) in [6, 6.07) is 11.9. The highest BCUT2D eigenvalue weighted by atomic mass is 32.2. The van der Waals surface area contributed by atoms with Crippen LogP contribution in [0.4, 0.5) is 11.5 Å². The number of benzene rings is 1. The standard InChI is InChI=1S/C17H21N3O2S/c1-14-6-5-11-20(13-14)15-9-10-17(18-12-15)19-23(21,22)16-7-3-2-4-8-16/h2-4,7-10,12,14H,5-6,11,13H2,1H3,(H,18,19). The summed E-state index contributed by atoms with van der Waals surface area (Å²) in [5.41, 5.74) is 1.04. The number of hydrogen-bond donors (Lipinski definition) is 1. The number of nitrogens with one attached hydrogen (secondary N) is 1. The highest BCUT2D eigenvalue weighted by molar-refractivity contribution is 7.92. The minimum Gasteiger partial charge on any atom is -0.370 e. The molecule has 1 unspecified atom stereocenters. The molecule has 1 fully saturated rings. The molecule has 0 radical (unpaired) electrons. The van der Waals surface area contributed by atoms with Crippen LogP contribution in [0, 0.1) is 5.92 Å². The molecule has 0 saturated carbocycles. The van der Waals surface area contributed by atoms with Crippen LogP contribution in [-0.4, -0.2) is 26.5 Å². The Labute approximate surface area is 137 Å². The van der Waals surface area contributed by atoms with Crippen molar-refractivity contribution in [3.63, 3.8) is 0 Å². The summed E-state index contributed by atoms with van der Waals surface area (Å²) in [6.45, 7) is 4.31. The Bertz CT molecular complexity index is 745. The second-order valence-corrected chi connectivity index (χ2v) is 7.70. The molecule has 0 aliphatic carbocycles. The number of anilines is 2. The maximum Gasteiger partial charge on any atom is 0.263 e. The molecular weight excluding hydrogens is 310 g/mol. The van der Waals surface area contributed by atoms with Crippen molar-refractivity contribution in [3.05, 3.63) is 48.7 Å². The van der Waals surface area contributed by atoms with E-state index >= 15 is 0 Å². The van der Waals surface area contributed by atoms with Crippen molar-refractivity contribution >= 4 is 21.5 Å². The zero-order valence-electron chi connectivity index (χ0n) is 13.1. The lowest BCUT2D eigenvalue weighted by atomic mass is 10.00. The van der Waals surface area contributed by atoms with E-state index in [1.165, 1.54) is 12.8 Å². The Kier molecular flexibility index (Phi) is 4.52. The van der Waals surface area contributed by atoms with Gasteiger partial charge in [-0.1, -0.05) is 25.1 Å². The quantitative estimate of drug-likeness (QED) is 0.935. The maximum atomic E-state index is 12.3. The van der Waals surface area contributed by atoms with Gasteiger partial charge in [-0.25, -0.2) is 13.4 Å². The van der Waals surface area contributed by atoms with Gasteiger partial charge in [0, 0.05) is 13.1 Å². The van der Waals surface area contributed by atoms with E-state index in [4.69, 9.17) is 0 Å². The van der Waals surface area contributed by atoms with Crippen LogP contribution in [0.3, 0.4) is 0 Å². The van der Waals surface area contributed by atoms with Gasteiger partial charge in [-0.3, -0.25) is 4.72 Å². The maximum absolute atomic E-state index is 12.3. The Balaban J connectivity index is 1.73. The third-order valence-corrected chi connectivity index (χ3v) is 5.43. The minimum absolute atomic E-state index is 0.232. The van der Waals surface area contributed by atoms with Gasteiger partial charge >= 0.3 is 0 Å². The molecule has 1 atom stereocenters. The van der Waals surface area contributed by atoms with Gasteiger partial charge < -0.3 is 4.90 Å². The smallest absolute Gasteiger partial charge is 0.263 e. The Morgan fingerprint density at radius 1 is 1.17 bits per heavy atom. The van der Waals surface area contributed by atoms with Crippen LogP contribution in [0.2, 0.25) is 0 Å². The first-order chi connectivity index (χ1) is 11.0. The summed E-state index contributed by atoms with van der Waals surface area (Å²) in [4.78, 5) is 6.79. The van der Waals surface area contributed by atoms with Gasteiger partial charge in [0.2, 0.25) is 0 Å². The lowest BCUT2D eigenvalue weighted by Crippen LogP contribution is -2.34. The number of nitrogens with zero attached hydrogens (tertiary/aromatic N) is 2. The van der Waals surface area contributed by atoms with Gasteiger partial charge in [-0.2, -0.15) is 0 Å². The molecule has 2 heterocycles. The molecule has 1 N–H and O–H groups in total. The molecule has 2 aromatic rings. The van der Waals surface area contributed by atoms with E-state index < -0.39 is 10.0 Å². The summed E-state index contributed by atoms with van der Waals surface area (Å²) in [5.74, 6) is 1.02. The fraction of sp³-hybridized carbons (Fsp3) is 0.353. The van der Waals surface area contributed by atoms with Crippen LogP contribution >= 0.6 is 0 Å². The molecule has 1 aromatic heterocycles.